The van der Waals surface area contributed by atoms with E-state index >= 15 is 0 Å². The fraction of sp³-hybridized carbons (Fsp3) is 0.214. The van der Waals surface area contributed by atoms with E-state index in [9.17, 15) is 18.5 Å². The number of halogens is 2. The molecular formula is C14H11Cl2N3O4S. The van der Waals surface area contributed by atoms with Crippen molar-refractivity contribution in [3.8, 4) is 0 Å². The first kappa shape index (κ1) is 16.9. The number of benzene rings is 1. The van der Waals surface area contributed by atoms with E-state index < -0.39 is 14.9 Å². The van der Waals surface area contributed by atoms with Gasteiger partial charge in [0.25, 0.3) is 15.7 Å². The Balaban J connectivity index is 2.12. The number of hydrogen-bond donors (Lipinski definition) is 0. The van der Waals surface area contributed by atoms with E-state index in [1.165, 1.54) is 18.2 Å². The van der Waals surface area contributed by atoms with Crippen molar-refractivity contribution >= 4 is 44.6 Å². The summed E-state index contributed by atoms with van der Waals surface area (Å²) in [5, 5.41) is 11.0. The number of rotatable bonds is 3. The molecule has 1 aliphatic rings. The zero-order valence-corrected chi connectivity index (χ0v) is 14.5. The van der Waals surface area contributed by atoms with E-state index in [0.29, 0.717) is 18.5 Å². The molecule has 0 N–H and O–H groups in total. The zero-order chi connectivity index (χ0) is 17.5. The molecule has 0 radical (unpaired) electrons. The topological polar surface area (TPSA) is 93.4 Å². The molecule has 0 atom stereocenters. The Hall–Kier alpha value is -1.90. The number of pyridine rings is 1. The fourth-order valence-electron chi connectivity index (χ4n) is 2.56. The quantitative estimate of drug-likeness (QED) is 0.456. The summed E-state index contributed by atoms with van der Waals surface area (Å²) in [4.78, 5) is 14.1. The molecule has 0 bridgehead atoms. The van der Waals surface area contributed by atoms with Crippen LogP contribution < -0.4 is 4.31 Å². The van der Waals surface area contributed by atoms with Gasteiger partial charge in [0.15, 0.2) is 0 Å². The summed E-state index contributed by atoms with van der Waals surface area (Å²) in [6.07, 6.45) is 2.38. The largest absolute Gasteiger partial charge is 0.271 e. The van der Waals surface area contributed by atoms with Crippen molar-refractivity contribution in [2.45, 2.75) is 17.7 Å². The molecule has 0 aliphatic carbocycles. The maximum absolute atomic E-state index is 12.9. The van der Waals surface area contributed by atoms with Crippen molar-refractivity contribution in [2.24, 2.45) is 0 Å². The van der Waals surface area contributed by atoms with Gasteiger partial charge >= 0.3 is 0 Å². The molecule has 3 rings (SSSR count). The van der Waals surface area contributed by atoms with Gasteiger partial charge < -0.3 is 0 Å². The molecule has 2 heterocycles. The van der Waals surface area contributed by atoms with Gasteiger partial charge in [-0.1, -0.05) is 29.3 Å². The second-order valence-corrected chi connectivity index (χ2v) is 7.82. The van der Waals surface area contributed by atoms with Crippen LogP contribution in [-0.4, -0.2) is 24.9 Å². The number of nitrogens with zero attached hydrogens (tertiary/aromatic N) is 3. The summed E-state index contributed by atoms with van der Waals surface area (Å²) in [5.74, 6) is 0. The maximum atomic E-state index is 12.9. The predicted molar refractivity (Wildman–Crippen MR) is 90.2 cm³/mol. The standard InChI is InChI=1S/C14H11Cl2N3O4S/c15-12-7-11(8-17-14(12)16)24(22,23)18-5-1-2-9-3-4-10(19(20)21)6-13(9)18/h3-4,6-8H,1-2,5H2. The first-order valence-electron chi connectivity index (χ1n) is 6.92. The SMILES string of the molecule is O=[N+]([O-])c1ccc2c(c1)N(S(=O)(=O)c1cnc(Cl)c(Cl)c1)CCC2. The van der Waals surface area contributed by atoms with Gasteiger partial charge in [0.05, 0.1) is 15.6 Å². The van der Waals surface area contributed by atoms with Crippen LogP contribution in [0.1, 0.15) is 12.0 Å². The third-order valence-electron chi connectivity index (χ3n) is 3.71. The third kappa shape index (κ3) is 2.92. The number of hydrogen-bond acceptors (Lipinski definition) is 5. The molecule has 0 saturated carbocycles. The number of aryl methyl sites for hydroxylation is 1. The molecule has 0 saturated heterocycles. The lowest BCUT2D eigenvalue weighted by atomic mass is 10.0. The third-order valence-corrected chi connectivity index (χ3v) is 6.18. The molecule has 7 nitrogen and oxygen atoms in total. The molecule has 0 fully saturated rings. The van der Waals surface area contributed by atoms with Gasteiger partial charge in [-0.15, -0.1) is 0 Å². The van der Waals surface area contributed by atoms with Crippen LogP contribution in [0.15, 0.2) is 35.4 Å². The Morgan fingerprint density at radius 3 is 2.67 bits per heavy atom. The van der Waals surface area contributed by atoms with Gasteiger partial charge in [0, 0.05) is 24.9 Å². The lowest BCUT2D eigenvalue weighted by Crippen LogP contribution is -2.35. The molecular weight excluding hydrogens is 377 g/mol. The normalized spacial score (nSPS) is 14.3. The van der Waals surface area contributed by atoms with Gasteiger partial charge in [0.2, 0.25) is 0 Å². The minimum absolute atomic E-state index is 0.00491. The van der Waals surface area contributed by atoms with E-state index in [2.05, 4.69) is 4.98 Å². The van der Waals surface area contributed by atoms with E-state index in [0.717, 1.165) is 16.1 Å². The van der Waals surface area contributed by atoms with Gasteiger partial charge in [0.1, 0.15) is 10.0 Å². The van der Waals surface area contributed by atoms with Gasteiger partial charge in [-0.25, -0.2) is 13.4 Å². The molecule has 1 aromatic heterocycles. The predicted octanol–water partition coefficient (Wildman–Crippen LogP) is 3.44. The van der Waals surface area contributed by atoms with Crippen LogP contribution in [0.2, 0.25) is 10.2 Å². The average Bonchev–Trinajstić information content (AvgIpc) is 2.56. The highest BCUT2D eigenvalue weighted by atomic mass is 35.5. The minimum Gasteiger partial charge on any atom is -0.266 e. The summed E-state index contributed by atoms with van der Waals surface area (Å²) >= 11 is 11.6. The van der Waals surface area contributed by atoms with E-state index in [4.69, 9.17) is 23.2 Å². The Bertz CT molecular complexity index is 934. The van der Waals surface area contributed by atoms with Gasteiger partial charge in [-0.3, -0.25) is 14.4 Å². The number of aromatic nitrogens is 1. The number of nitro groups is 1. The molecule has 10 heteroatoms. The van der Waals surface area contributed by atoms with E-state index in [-0.39, 0.29) is 27.3 Å². The van der Waals surface area contributed by atoms with Crippen molar-refractivity contribution in [3.05, 3.63) is 56.3 Å². The molecule has 0 amide bonds. The highest BCUT2D eigenvalue weighted by Crippen LogP contribution is 2.35. The summed E-state index contributed by atoms with van der Waals surface area (Å²) in [6.45, 7) is 0.219. The lowest BCUT2D eigenvalue weighted by Gasteiger charge is -2.30. The van der Waals surface area contributed by atoms with Crippen LogP contribution in [0.5, 0.6) is 0 Å². The fourth-order valence-corrected chi connectivity index (χ4v) is 4.40. The number of nitro benzene ring substituents is 1. The summed E-state index contributed by atoms with van der Waals surface area (Å²) in [6, 6.07) is 5.45. The smallest absolute Gasteiger partial charge is 0.266 e. The molecule has 126 valence electrons. The number of non-ortho nitro benzene ring substituents is 1. The van der Waals surface area contributed by atoms with Crippen molar-refractivity contribution in [1.82, 2.24) is 4.98 Å². The minimum atomic E-state index is -3.95. The lowest BCUT2D eigenvalue weighted by molar-refractivity contribution is -0.384. The van der Waals surface area contributed by atoms with Crippen LogP contribution in [0, 0.1) is 10.1 Å². The summed E-state index contributed by atoms with van der Waals surface area (Å²) in [5.41, 5.74) is 0.882. The molecule has 0 unspecified atom stereocenters. The Labute approximate surface area is 148 Å². The molecule has 24 heavy (non-hydrogen) atoms. The molecule has 0 spiro atoms. The zero-order valence-electron chi connectivity index (χ0n) is 12.1. The van der Waals surface area contributed by atoms with Crippen molar-refractivity contribution in [3.63, 3.8) is 0 Å². The highest BCUT2D eigenvalue weighted by Gasteiger charge is 2.31. The molecule has 2 aromatic rings. The van der Waals surface area contributed by atoms with Crippen LogP contribution in [0.4, 0.5) is 11.4 Å². The van der Waals surface area contributed by atoms with Gasteiger partial charge in [-0.05, 0) is 24.5 Å². The van der Waals surface area contributed by atoms with Gasteiger partial charge in [-0.2, -0.15) is 0 Å². The van der Waals surface area contributed by atoms with Crippen LogP contribution >= 0.6 is 23.2 Å². The molecule has 1 aliphatic heterocycles. The first-order valence-corrected chi connectivity index (χ1v) is 9.11. The Morgan fingerprint density at radius 2 is 2.00 bits per heavy atom. The van der Waals surface area contributed by atoms with E-state index in [1.807, 2.05) is 0 Å². The van der Waals surface area contributed by atoms with Crippen LogP contribution in [0.25, 0.3) is 0 Å². The average molecular weight is 388 g/mol. The highest BCUT2D eigenvalue weighted by molar-refractivity contribution is 7.92. The van der Waals surface area contributed by atoms with Crippen molar-refractivity contribution in [2.75, 3.05) is 10.8 Å². The second kappa shape index (κ2) is 6.19. The van der Waals surface area contributed by atoms with Crippen molar-refractivity contribution in [1.29, 1.82) is 0 Å². The molecule has 1 aromatic carbocycles. The summed E-state index contributed by atoms with van der Waals surface area (Å²) < 4.78 is 27.0. The number of fused-ring (bicyclic) bond motifs is 1. The summed E-state index contributed by atoms with van der Waals surface area (Å²) in [7, 11) is -3.95. The van der Waals surface area contributed by atoms with Crippen LogP contribution in [-0.2, 0) is 16.4 Å². The Morgan fingerprint density at radius 1 is 1.25 bits per heavy atom. The Kier molecular flexibility index (Phi) is 4.37. The van der Waals surface area contributed by atoms with Crippen LogP contribution in [0.3, 0.4) is 0 Å². The number of anilines is 1. The monoisotopic (exact) mass is 387 g/mol. The van der Waals surface area contributed by atoms with E-state index in [1.54, 1.807) is 6.07 Å². The first-order chi connectivity index (χ1) is 11.3. The maximum Gasteiger partial charge on any atom is 0.271 e. The van der Waals surface area contributed by atoms with Crippen molar-refractivity contribution < 1.29 is 13.3 Å². The number of sulfonamides is 1. The second-order valence-electron chi connectivity index (χ2n) is 5.19.